The van der Waals surface area contributed by atoms with Crippen molar-refractivity contribution in [2.45, 2.75) is 46.7 Å². The number of amides is 2. The zero-order valence-electron chi connectivity index (χ0n) is 11.5. The minimum Gasteiger partial charge on any atom is -0.348 e. The van der Waals surface area contributed by atoms with Crippen molar-refractivity contribution in [3.05, 3.63) is 21.4 Å². The zero-order valence-corrected chi connectivity index (χ0v) is 12.3. The van der Waals surface area contributed by atoms with Crippen LogP contribution in [0.2, 0.25) is 0 Å². The average Bonchev–Trinajstić information content (AvgIpc) is 2.56. The molecule has 0 saturated heterocycles. The fourth-order valence-corrected chi connectivity index (χ4v) is 2.89. The molecule has 2 N–H and O–H groups in total. The number of carbonyl (C=O) groups excluding carboxylic acids is 2. The molecule has 0 bridgehead atoms. The molecule has 1 aromatic rings. The molecular weight excluding hydrogens is 248 g/mol. The first-order chi connectivity index (χ1) is 8.31. The van der Waals surface area contributed by atoms with Gasteiger partial charge in [0.25, 0.3) is 0 Å². The maximum atomic E-state index is 11.9. The van der Waals surface area contributed by atoms with Gasteiger partial charge < -0.3 is 10.6 Å². The summed E-state index contributed by atoms with van der Waals surface area (Å²) in [6.45, 7) is 9.13. The Bertz CT molecular complexity index is 454. The summed E-state index contributed by atoms with van der Waals surface area (Å²) in [6, 6.07) is 1.54. The van der Waals surface area contributed by atoms with Crippen LogP contribution in [0.4, 0.5) is 0 Å². The van der Waals surface area contributed by atoms with Gasteiger partial charge in [-0.05, 0) is 39.3 Å². The van der Waals surface area contributed by atoms with Crippen molar-refractivity contribution in [1.29, 1.82) is 0 Å². The molecule has 0 aliphatic rings. The molecule has 1 aromatic heterocycles. The summed E-state index contributed by atoms with van der Waals surface area (Å²) in [7, 11) is 0. The molecule has 0 aliphatic carbocycles. The van der Waals surface area contributed by atoms with Crippen LogP contribution in [0.25, 0.3) is 0 Å². The highest BCUT2D eigenvalue weighted by Gasteiger charge is 2.18. The van der Waals surface area contributed by atoms with E-state index in [-0.39, 0.29) is 17.9 Å². The quantitative estimate of drug-likeness (QED) is 0.878. The van der Waals surface area contributed by atoms with Crippen LogP contribution in [-0.4, -0.2) is 17.9 Å². The number of hydrogen-bond donors (Lipinski definition) is 2. The van der Waals surface area contributed by atoms with E-state index in [4.69, 9.17) is 0 Å². The zero-order chi connectivity index (χ0) is 13.9. The van der Waals surface area contributed by atoms with E-state index in [2.05, 4.69) is 23.6 Å². The van der Waals surface area contributed by atoms with E-state index in [9.17, 15) is 9.59 Å². The van der Waals surface area contributed by atoms with Gasteiger partial charge in [0.15, 0.2) is 0 Å². The van der Waals surface area contributed by atoms with Crippen LogP contribution in [0.15, 0.2) is 6.07 Å². The van der Waals surface area contributed by atoms with Gasteiger partial charge in [-0.3, -0.25) is 9.59 Å². The Morgan fingerprint density at radius 3 is 2.28 bits per heavy atom. The summed E-state index contributed by atoms with van der Waals surface area (Å²) in [5.74, 6) is -0.367. The molecule has 0 aromatic carbocycles. The largest absolute Gasteiger partial charge is 0.348 e. The molecule has 0 aliphatic heterocycles. The lowest BCUT2D eigenvalue weighted by atomic mass is 10.1. The molecule has 5 heteroatoms. The summed E-state index contributed by atoms with van der Waals surface area (Å²) >= 11 is 1.72. The Morgan fingerprint density at radius 2 is 1.83 bits per heavy atom. The number of thiophene rings is 1. The van der Waals surface area contributed by atoms with Crippen molar-refractivity contribution in [3.8, 4) is 0 Å². The van der Waals surface area contributed by atoms with Crippen molar-refractivity contribution in [3.63, 3.8) is 0 Å². The highest BCUT2D eigenvalue weighted by Crippen LogP contribution is 2.26. The Hall–Kier alpha value is -1.36. The third-order valence-electron chi connectivity index (χ3n) is 2.72. The smallest absolute Gasteiger partial charge is 0.242 e. The lowest BCUT2D eigenvalue weighted by molar-refractivity contribution is -0.128. The first kappa shape index (κ1) is 14.7. The number of rotatable bonds is 4. The van der Waals surface area contributed by atoms with Gasteiger partial charge in [0, 0.05) is 16.7 Å². The molecule has 100 valence electrons. The van der Waals surface area contributed by atoms with E-state index in [1.165, 1.54) is 16.7 Å². The Morgan fingerprint density at radius 1 is 1.22 bits per heavy atom. The maximum Gasteiger partial charge on any atom is 0.242 e. The van der Waals surface area contributed by atoms with E-state index < -0.39 is 6.04 Å². The average molecular weight is 268 g/mol. The first-order valence-corrected chi connectivity index (χ1v) is 6.77. The van der Waals surface area contributed by atoms with Crippen LogP contribution in [0.1, 0.15) is 42.1 Å². The van der Waals surface area contributed by atoms with Crippen molar-refractivity contribution in [2.75, 3.05) is 0 Å². The molecule has 0 fully saturated rings. The third-order valence-corrected chi connectivity index (χ3v) is 3.70. The summed E-state index contributed by atoms with van der Waals surface area (Å²) < 4.78 is 0. The summed E-state index contributed by atoms with van der Waals surface area (Å²) in [5, 5.41) is 5.48. The molecule has 0 unspecified atom stereocenters. The van der Waals surface area contributed by atoms with Gasteiger partial charge in [-0.15, -0.1) is 11.3 Å². The van der Waals surface area contributed by atoms with Crippen molar-refractivity contribution in [1.82, 2.24) is 10.6 Å². The fourth-order valence-electron chi connectivity index (χ4n) is 1.87. The molecule has 1 heterocycles. The van der Waals surface area contributed by atoms with E-state index in [1.54, 1.807) is 18.3 Å². The van der Waals surface area contributed by atoms with Gasteiger partial charge >= 0.3 is 0 Å². The van der Waals surface area contributed by atoms with E-state index in [0.717, 1.165) is 5.56 Å². The topological polar surface area (TPSA) is 58.2 Å². The minimum atomic E-state index is -0.509. The van der Waals surface area contributed by atoms with Gasteiger partial charge in [-0.1, -0.05) is 0 Å². The Labute approximate surface area is 112 Å². The summed E-state index contributed by atoms with van der Waals surface area (Å²) in [6.07, 6.45) is 0. The highest BCUT2D eigenvalue weighted by atomic mass is 32.1. The number of hydrogen-bond acceptors (Lipinski definition) is 3. The summed E-state index contributed by atoms with van der Waals surface area (Å²) in [5.41, 5.74) is 1.14. The number of aryl methyl sites for hydroxylation is 2. The monoisotopic (exact) mass is 268 g/mol. The predicted octanol–water partition coefficient (Wildman–Crippen LogP) is 2.07. The fraction of sp³-hybridized carbons (Fsp3) is 0.538. The van der Waals surface area contributed by atoms with E-state index in [0.29, 0.717) is 0 Å². The van der Waals surface area contributed by atoms with Crippen molar-refractivity contribution in [2.24, 2.45) is 0 Å². The van der Waals surface area contributed by atoms with Crippen LogP contribution in [0.3, 0.4) is 0 Å². The summed E-state index contributed by atoms with van der Waals surface area (Å²) in [4.78, 5) is 25.2. The second-order valence-electron chi connectivity index (χ2n) is 4.52. The first-order valence-electron chi connectivity index (χ1n) is 5.95. The minimum absolute atomic E-state index is 0.0429. The van der Waals surface area contributed by atoms with E-state index in [1.807, 2.05) is 13.8 Å². The van der Waals surface area contributed by atoms with Gasteiger partial charge in [-0.25, -0.2) is 0 Å². The van der Waals surface area contributed by atoms with Crippen LogP contribution < -0.4 is 10.6 Å². The molecule has 0 saturated carbocycles. The Kier molecular flexibility index (Phi) is 4.90. The van der Waals surface area contributed by atoms with Gasteiger partial charge in [-0.2, -0.15) is 0 Å². The lowest BCUT2D eigenvalue weighted by Crippen LogP contribution is -2.44. The van der Waals surface area contributed by atoms with Crippen molar-refractivity contribution < 1.29 is 9.59 Å². The SMILES string of the molecule is CC(=O)N[C@H](C)C(=O)N[C@@H](C)c1cc(C)sc1C. The molecule has 4 nitrogen and oxygen atoms in total. The maximum absolute atomic E-state index is 11.9. The lowest BCUT2D eigenvalue weighted by Gasteiger charge is -2.18. The second-order valence-corrected chi connectivity index (χ2v) is 5.98. The molecular formula is C13H20N2O2S. The second kappa shape index (κ2) is 6.00. The molecule has 18 heavy (non-hydrogen) atoms. The van der Waals surface area contributed by atoms with Crippen LogP contribution in [0.5, 0.6) is 0 Å². The third kappa shape index (κ3) is 3.84. The molecule has 2 atom stereocenters. The number of carbonyl (C=O) groups is 2. The standard InChI is InChI=1S/C13H20N2O2S/c1-7-6-12(10(4)18-7)8(2)15-13(17)9(3)14-11(5)16/h6,8-9H,1-5H3,(H,14,16)(H,15,17)/t8-,9+/m0/s1. The van der Waals surface area contributed by atoms with Crippen LogP contribution in [0, 0.1) is 13.8 Å². The van der Waals surface area contributed by atoms with E-state index >= 15 is 0 Å². The van der Waals surface area contributed by atoms with Gasteiger partial charge in [0.05, 0.1) is 6.04 Å². The number of nitrogens with one attached hydrogen (secondary N) is 2. The molecule has 2 amide bonds. The molecule has 1 rings (SSSR count). The van der Waals surface area contributed by atoms with Crippen molar-refractivity contribution >= 4 is 23.2 Å². The Balaban J connectivity index is 2.64. The predicted molar refractivity (Wildman–Crippen MR) is 73.6 cm³/mol. The normalized spacial score (nSPS) is 13.8. The molecule has 0 spiro atoms. The van der Waals surface area contributed by atoms with Gasteiger partial charge in [0.2, 0.25) is 11.8 Å². The van der Waals surface area contributed by atoms with Gasteiger partial charge in [0.1, 0.15) is 6.04 Å². The van der Waals surface area contributed by atoms with Crippen LogP contribution >= 0.6 is 11.3 Å². The molecule has 0 radical (unpaired) electrons. The van der Waals surface area contributed by atoms with Crippen LogP contribution in [-0.2, 0) is 9.59 Å². The highest BCUT2D eigenvalue weighted by molar-refractivity contribution is 7.12.